The van der Waals surface area contributed by atoms with Crippen molar-refractivity contribution in [1.29, 1.82) is 0 Å². The van der Waals surface area contributed by atoms with Gasteiger partial charge in [0.25, 0.3) is 0 Å². The average Bonchev–Trinajstić information content (AvgIpc) is 2.38. The molecule has 98 valence electrons. The summed E-state index contributed by atoms with van der Waals surface area (Å²) >= 11 is 4.97. The average molecular weight is 264 g/mol. The van der Waals surface area contributed by atoms with Crippen molar-refractivity contribution < 1.29 is 0 Å². The van der Waals surface area contributed by atoms with Crippen LogP contribution in [0, 0.1) is 0 Å². The number of hydrogen-bond donors (Lipinski definition) is 1. The molecule has 1 saturated heterocycles. The summed E-state index contributed by atoms with van der Waals surface area (Å²) in [5.74, 6) is 0. The van der Waals surface area contributed by atoms with E-state index in [2.05, 4.69) is 28.6 Å². The highest BCUT2D eigenvalue weighted by Crippen LogP contribution is 2.19. The summed E-state index contributed by atoms with van der Waals surface area (Å²) in [6, 6.07) is 4.58. The molecule has 0 aromatic carbocycles. The number of likely N-dealkylation sites (N-methyl/N-ethyl adjacent to an activating group) is 1. The second-order valence-corrected chi connectivity index (χ2v) is 5.13. The number of pyridine rings is 1. The first-order valence-corrected chi connectivity index (χ1v) is 6.77. The molecule has 1 unspecified atom stereocenters. The highest BCUT2D eigenvalue weighted by molar-refractivity contribution is 7.80. The largest absolute Gasteiger partial charge is 0.388 e. The minimum Gasteiger partial charge on any atom is -0.388 e. The van der Waals surface area contributed by atoms with E-state index in [4.69, 9.17) is 18.0 Å². The molecule has 5 heteroatoms. The van der Waals surface area contributed by atoms with Gasteiger partial charge in [-0.15, -0.1) is 0 Å². The van der Waals surface area contributed by atoms with Gasteiger partial charge in [-0.3, -0.25) is 9.88 Å². The summed E-state index contributed by atoms with van der Waals surface area (Å²) in [6.07, 6.45) is 1.78. The minimum atomic E-state index is 0.358. The summed E-state index contributed by atoms with van der Waals surface area (Å²) in [5, 5.41) is 0. The first kappa shape index (κ1) is 13.2. The van der Waals surface area contributed by atoms with Crippen molar-refractivity contribution in [2.24, 2.45) is 5.73 Å². The second kappa shape index (κ2) is 5.63. The lowest BCUT2D eigenvalue weighted by molar-refractivity contribution is 0.199. The molecule has 0 amide bonds. The van der Waals surface area contributed by atoms with Crippen molar-refractivity contribution in [3.05, 3.63) is 24.0 Å². The number of nitrogens with two attached hydrogens (primary N) is 1. The summed E-state index contributed by atoms with van der Waals surface area (Å²) in [5.41, 5.74) is 7.49. The van der Waals surface area contributed by atoms with Crippen LogP contribution in [0.25, 0.3) is 0 Å². The van der Waals surface area contributed by atoms with Gasteiger partial charge in [-0.1, -0.05) is 19.1 Å². The van der Waals surface area contributed by atoms with Crippen LogP contribution in [0.1, 0.15) is 19.5 Å². The molecule has 0 aliphatic carbocycles. The van der Waals surface area contributed by atoms with Gasteiger partial charge in [-0.25, -0.2) is 0 Å². The number of thiocarbonyl (C=S) groups is 1. The van der Waals surface area contributed by atoms with Crippen LogP contribution < -0.4 is 10.6 Å². The molecule has 1 aliphatic heterocycles. The van der Waals surface area contributed by atoms with Crippen molar-refractivity contribution >= 4 is 22.9 Å². The van der Waals surface area contributed by atoms with Gasteiger partial charge in [0, 0.05) is 37.6 Å². The molecular weight excluding hydrogens is 244 g/mol. The maximum absolute atomic E-state index is 5.63. The summed E-state index contributed by atoms with van der Waals surface area (Å²) in [6.45, 7) is 8.77. The molecule has 1 aromatic rings. The Morgan fingerprint density at radius 3 is 2.94 bits per heavy atom. The Morgan fingerprint density at radius 1 is 1.56 bits per heavy atom. The summed E-state index contributed by atoms with van der Waals surface area (Å²) in [7, 11) is 0. The number of hydrogen-bond acceptors (Lipinski definition) is 4. The molecule has 2 N–H and O–H groups in total. The number of aromatic nitrogens is 1. The maximum atomic E-state index is 5.63. The summed E-state index contributed by atoms with van der Waals surface area (Å²) < 4.78 is 0. The SMILES string of the molecule is CCN1CCN(c2ccnc(C(N)=S)c2)CC1C. The van der Waals surface area contributed by atoms with E-state index in [-0.39, 0.29) is 0 Å². The van der Waals surface area contributed by atoms with Gasteiger partial charge in [-0.05, 0) is 25.6 Å². The zero-order chi connectivity index (χ0) is 13.1. The Bertz CT molecular complexity index is 435. The third kappa shape index (κ3) is 2.79. The third-order valence-electron chi connectivity index (χ3n) is 3.53. The van der Waals surface area contributed by atoms with Crippen LogP contribution in [0.15, 0.2) is 18.3 Å². The van der Waals surface area contributed by atoms with Gasteiger partial charge in [0.2, 0.25) is 0 Å². The van der Waals surface area contributed by atoms with Crippen LogP contribution in [0.4, 0.5) is 5.69 Å². The minimum absolute atomic E-state index is 0.358. The number of piperazine rings is 1. The molecule has 1 fully saturated rings. The van der Waals surface area contributed by atoms with Crippen molar-refractivity contribution in [3.63, 3.8) is 0 Å². The van der Waals surface area contributed by atoms with Crippen molar-refractivity contribution in [2.75, 3.05) is 31.1 Å². The highest BCUT2D eigenvalue weighted by Gasteiger charge is 2.22. The Balaban J connectivity index is 2.13. The fourth-order valence-corrected chi connectivity index (χ4v) is 2.56. The Morgan fingerprint density at radius 2 is 2.33 bits per heavy atom. The quantitative estimate of drug-likeness (QED) is 0.832. The van der Waals surface area contributed by atoms with Crippen molar-refractivity contribution in [3.8, 4) is 0 Å². The van der Waals surface area contributed by atoms with E-state index in [1.165, 1.54) is 0 Å². The lowest BCUT2D eigenvalue weighted by Crippen LogP contribution is -2.51. The van der Waals surface area contributed by atoms with E-state index in [1.807, 2.05) is 12.1 Å². The molecule has 1 atom stereocenters. The van der Waals surface area contributed by atoms with E-state index in [9.17, 15) is 0 Å². The van der Waals surface area contributed by atoms with E-state index in [1.54, 1.807) is 6.20 Å². The molecule has 0 bridgehead atoms. The van der Waals surface area contributed by atoms with E-state index in [0.29, 0.717) is 16.7 Å². The fourth-order valence-electron chi connectivity index (χ4n) is 2.45. The monoisotopic (exact) mass is 264 g/mol. The second-order valence-electron chi connectivity index (χ2n) is 4.69. The Hall–Kier alpha value is -1.20. The van der Waals surface area contributed by atoms with E-state index >= 15 is 0 Å². The third-order valence-corrected chi connectivity index (χ3v) is 3.74. The zero-order valence-electron chi connectivity index (χ0n) is 11.0. The number of rotatable bonds is 3. The van der Waals surface area contributed by atoms with Crippen LogP contribution >= 0.6 is 12.2 Å². The molecular formula is C13H20N4S. The van der Waals surface area contributed by atoms with Crippen LogP contribution in [-0.2, 0) is 0 Å². The number of anilines is 1. The molecule has 0 spiro atoms. The van der Waals surface area contributed by atoms with Crippen LogP contribution in [-0.4, -0.2) is 47.1 Å². The van der Waals surface area contributed by atoms with Crippen molar-refractivity contribution in [1.82, 2.24) is 9.88 Å². The zero-order valence-corrected chi connectivity index (χ0v) is 11.8. The molecule has 1 aromatic heterocycles. The Kier molecular flexibility index (Phi) is 4.14. The molecule has 2 heterocycles. The Labute approximate surface area is 114 Å². The standard InChI is InChI=1S/C13H20N4S/c1-3-16-6-7-17(9-10(16)2)11-4-5-15-12(8-11)13(14)18/h4-5,8,10H,3,6-7,9H2,1-2H3,(H2,14,18). The van der Waals surface area contributed by atoms with Gasteiger partial charge in [-0.2, -0.15) is 0 Å². The maximum Gasteiger partial charge on any atom is 0.122 e. The van der Waals surface area contributed by atoms with Gasteiger partial charge >= 0.3 is 0 Å². The van der Waals surface area contributed by atoms with Gasteiger partial charge < -0.3 is 10.6 Å². The number of nitrogens with zero attached hydrogens (tertiary/aromatic N) is 3. The van der Waals surface area contributed by atoms with Crippen LogP contribution in [0.3, 0.4) is 0 Å². The molecule has 18 heavy (non-hydrogen) atoms. The van der Waals surface area contributed by atoms with Crippen molar-refractivity contribution in [2.45, 2.75) is 19.9 Å². The smallest absolute Gasteiger partial charge is 0.122 e. The predicted octanol–water partition coefficient (Wildman–Crippen LogP) is 1.25. The molecule has 4 nitrogen and oxygen atoms in total. The molecule has 0 saturated carbocycles. The molecule has 0 radical (unpaired) electrons. The van der Waals surface area contributed by atoms with Crippen LogP contribution in [0.5, 0.6) is 0 Å². The lowest BCUT2D eigenvalue weighted by Gasteiger charge is -2.40. The van der Waals surface area contributed by atoms with Crippen LogP contribution in [0.2, 0.25) is 0 Å². The van der Waals surface area contributed by atoms with E-state index in [0.717, 1.165) is 31.9 Å². The predicted molar refractivity (Wildman–Crippen MR) is 79.0 cm³/mol. The van der Waals surface area contributed by atoms with E-state index < -0.39 is 0 Å². The fraction of sp³-hybridized carbons (Fsp3) is 0.538. The van der Waals surface area contributed by atoms with Gasteiger partial charge in [0.15, 0.2) is 0 Å². The normalized spacial score (nSPS) is 21.0. The topological polar surface area (TPSA) is 45.4 Å². The van der Waals surface area contributed by atoms with Gasteiger partial charge in [0.1, 0.15) is 4.99 Å². The first-order valence-electron chi connectivity index (χ1n) is 6.36. The highest BCUT2D eigenvalue weighted by atomic mass is 32.1. The molecule has 2 rings (SSSR count). The first-order chi connectivity index (χ1) is 8.61. The summed E-state index contributed by atoms with van der Waals surface area (Å²) in [4.78, 5) is 9.41. The molecule has 1 aliphatic rings. The lowest BCUT2D eigenvalue weighted by atomic mass is 10.1. The van der Waals surface area contributed by atoms with Gasteiger partial charge in [0.05, 0.1) is 5.69 Å².